The summed E-state index contributed by atoms with van der Waals surface area (Å²) < 4.78 is 0. The third-order valence-electron chi connectivity index (χ3n) is 3.16. The maximum atomic E-state index is 10.9. The van der Waals surface area contributed by atoms with Crippen molar-refractivity contribution in [2.45, 2.75) is 6.54 Å². The van der Waals surface area contributed by atoms with Crippen molar-refractivity contribution >= 4 is 17.7 Å². The lowest BCUT2D eigenvalue weighted by Crippen LogP contribution is -2.20. The Labute approximate surface area is 132 Å². The molecule has 0 spiro atoms. The molecule has 2 aromatic heterocycles. The second kappa shape index (κ2) is 6.61. The molecule has 0 aliphatic rings. The topological polar surface area (TPSA) is 92.1 Å². The number of nitrogens with zero attached hydrogens (tertiary/aromatic N) is 5. The molecule has 7 heteroatoms. The van der Waals surface area contributed by atoms with E-state index in [1.807, 2.05) is 4.90 Å². The van der Waals surface area contributed by atoms with Gasteiger partial charge in [0.2, 0.25) is 5.95 Å². The third kappa shape index (κ3) is 3.46. The van der Waals surface area contributed by atoms with Gasteiger partial charge in [-0.25, -0.2) is 19.7 Å². The number of anilines is 2. The Morgan fingerprint density at radius 2 is 1.74 bits per heavy atom. The van der Waals surface area contributed by atoms with E-state index in [9.17, 15) is 4.79 Å². The van der Waals surface area contributed by atoms with Crippen LogP contribution in [0.1, 0.15) is 15.9 Å². The molecule has 1 aromatic carbocycles. The Balaban J connectivity index is 1.92. The molecule has 0 unspecified atom stereocenters. The minimum absolute atomic E-state index is 0.246. The summed E-state index contributed by atoms with van der Waals surface area (Å²) in [4.78, 5) is 29.6. The summed E-state index contributed by atoms with van der Waals surface area (Å²) >= 11 is 0. The van der Waals surface area contributed by atoms with E-state index in [-0.39, 0.29) is 5.56 Å². The molecule has 0 aliphatic carbocycles. The van der Waals surface area contributed by atoms with E-state index in [2.05, 4.69) is 19.9 Å². The molecule has 0 saturated heterocycles. The highest BCUT2D eigenvalue weighted by molar-refractivity contribution is 5.87. The number of rotatable bonds is 5. The highest BCUT2D eigenvalue weighted by atomic mass is 16.4. The number of carboxylic acid groups (broad SMARTS) is 1. The molecule has 23 heavy (non-hydrogen) atoms. The summed E-state index contributed by atoms with van der Waals surface area (Å²) in [6.45, 7) is 0.447. The second-order valence-electron chi connectivity index (χ2n) is 4.70. The zero-order valence-electron chi connectivity index (χ0n) is 12.1. The van der Waals surface area contributed by atoms with Crippen molar-refractivity contribution < 1.29 is 9.90 Å². The molecule has 0 aliphatic heterocycles. The molecular formula is C16H13N5O2. The second-order valence-corrected chi connectivity index (χ2v) is 4.70. The smallest absolute Gasteiger partial charge is 0.335 e. The van der Waals surface area contributed by atoms with Crippen molar-refractivity contribution in [3.05, 3.63) is 72.4 Å². The van der Waals surface area contributed by atoms with E-state index in [0.29, 0.717) is 18.3 Å². The third-order valence-corrected chi connectivity index (χ3v) is 3.16. The lowest BCUT2D eigenvalue weighted by molar-refractivity contribution is 0.0697. The zero-order chi connectivity index (χ0) is 16.1. The van der Waals surface area contributed by atoms with Gasteiger partial charge in [0.05, 0.1) is 18.3 Å². The van der Waals surface area contributed by atoms with Gasteiger partial charge in [-0.1, -0.05) is 12.1 Å². The van der Waals surface area contributed by atoms with Gasteiger partial charge < -0.3 is 5.11 Å². The molecule has 7 nitrogen and oxygen atoms in total. The molecule has 0 atom stereocenters. The summed E-state index contributed by atoms with van der Waals surface area (Å²) in [5.41, 5.74) is 1.16. The van der Waals surface area contributed by atoms with Gasteiger partial charge in [0.25, 0.3) is 0 Å². The van der Waals surface area contributed by atoms with E-state index in [1.54, 1.807) is 61.3 Å². The quantitative estimate of drug-likeness (QED) is 0.773. The highest BCUT2D eigenvalue weighted by Crippen LogP contribution is 2.21. The van der Waals surface area contributed by atoms with Crippen molar-refractivity contribution in [1.29, 1.82) is 0 Å². The first-order valence-corrected chi connectivity index (χ1v) is 6.87. The Morgan fingerprint density at radius 1 is 1.00 bits per heavy atom. The van der Waals surface area contributed by atoms with Gasteiger partial charge in [-0.05, 0) is 23.8 Å². The predicted octanol–water partition coefficient (Wildman–Crippen LogP) is 2.30. The number of carbonyl (C=O) groups is 1. The van der Waals surface area contributed by atoms with Crippen molar-refractivity contribution in [2.24, 2.45) is 0 Å². The molecular weight excluding hydrogens is 294 g/mol. The van der Waals surface area contributed by atoms with Crippen LogP contribution in [-0.2, 0) is 6.54 Å². The Morgan fingerprint density at radius 3 is 2.35 bits per heavy atom. The average Bonchev–Trinajstić information content (AvgIpc) is 2.61. The van der Waals surface area contributed by atoms with Crippen molar-refractivity contribution in [3.63, 3.8) is 0 Å². The molecule has 0 fully saturated rings. The van der Waals surface area contributed by atoms with Crippen LogP contribution in [0.15, 0.2) is 61.3 Å². The first kappa shape index (κ1) is 14.6. The zero-order valence-corrected chi connectivity index (χ0v) is 12.1. The number of aromatic nitrogens is 4. The van der Waals surface area contributed by atoms with Crippen LogP contribution in [0.5, 0.6) is 0 Å². The van der Waals surface area contributed by atoms with Crippen LogP contribution in [0.25, 0.3) is 0 Å². The lowest BCUT2D eigenvalue weighted by Gasteiger charge is -2.21. The molecule has 3 rings (SSSR count). The predicted molar refractivity (Wildman–Crippen MR) is 83.3 cm³/mol. The van der Waals surface area contributed by atoms with E-state index in [4.69, 9.17) is 5.11 Å². The van der Waals surface area contributed by atoms with Crippen LogP contribution in [0, 0.1) is 0 Å². The SMILES string of the molecule is O=C(O)c1ccc(CN(c2cnccn2)c2ncccn2)cc1. The first-order chi connectivity index (χ1) is 11.2. The van der Waals surface area contributed by atoms with Crippen molar-refractivity contribution in [1.82, 2.24) is 19.9 Å². The highest BCUT2D eigenvalue weighted by Gasteiger charge is 2.14. The molecule has 2 heterocycles. The fourth-order valence-electron chi connectivity index (χ4n) is 2.05. The van der Waals surface area contributed by atoms with Crippen LogP contribution >= 0.6 is 0 Å². The van der Waals surface area contributed by atoms with Gasteiger partial charge in [0.1, 0.15) is 0 Å². The van der Waals surface area contributed by atoms with Gasteiger partial charge in [-0.2, -0.15) is 0 Å². The van der Waals surface area contributed by atoms with Crippen LogP contribution in [0.2, 0.25) is 0 Å². The molecule has 114 valence electrons. The molecule has 0 bridgehead atoms. The minimum atomic E-state index is -0.950. The van der Waals surface area contributed by atoms with Crippen LogP contribution < -0.4 is 4.90 Å². The summed E-state index contributed by atoms with van der Waals surface area (Å²) in [6.07, 6.45) is 8.12. The van der Waals surface area contributed by atoms with Crippen LogP contribution in [0.4, 0.5) is 11.8 Å². The Hall–Kier alpha value is -3.35. The minimum Gasteiger partial charge on any atom is -0.478 e. The molecule has 0 saturated carbocycles. The fraction of sp³-hybridized carbons (Fsp3) is 0.0625. The standard InChI is InChI=1S/C16H13N5O2/c22-15(23)13-4-2-12(3-5-13)11-21(14-10-17-8-9-18-14)16-19-6-1-7-20-16/h1-10H,11H2,(H,22,23). The number of aromatic carboxylic acids is 1. The van der Waals surface area contributed by atoms with Gasteiger partial charge in [-0.15, -0.1) is 0 Å². The summed E-state index contributed by atoms with van der Waals surface area (Å²) in [5.74, 6) is 0.157. The average molecular weight is 307 g/mol. The van der Waals surface area contributed by atoms with Gasteiger partial charge in [0.15, 0.2) is 5.82 Å². The number of carboxylic acids is 1. The molecule has 0 amide bonds. The Kier molecular flexibility index (Phi) is 4.19. The van der Waals surface area contributed by atoms with E-state index >= 15 is 0 Å². The Bertz CT molecular complexity index is 739. The normalized spacial score (nSPS) is 10.3. The van der Waals surface area contributed by atoms with E-state index in [1.165, 1.54) is 0 Å². The summed E-state index contributed by atoms with van der Waals surface area (Å²) in [7, 11) is 0. The van der Waals surface area contributed by atoms with Gasteiger partial charge >= 0.3 is 5.97 Å². The monoisotopic (exact) mass is 307 g/mol. The largest absolute Gasteiger partial charge is 0.478 e. The van der Waals surface area contributed by atoms with Gasteiger partial charge in [0, 0.05) is 24.8 Å². The summed E-state index contributed by atoms with van der Waals surface area (Å²) in [5, 5.41) is 8.96. The molecule has 1 N–H and O–H groups in total. The fourth-order valence-corrected chi connectivity index (χ4v) is 2.05. The molecule has 3 aromatic rings. The number of hydrogen-bond acceptors (Lipinski definition) is 6. The van der Waals surface area contributed by atoms with Crippen LogP contribution in [-0.4, -0.2) is 31.0 Å². The maximum Gasteiger partial charge on any atom is 0.335 e. The van der Waals surface area contributed by atoms with E-state index in [0.717, 1.165) is 5.56 Å². The van der Waals surface area contributed by atoms with Crippen LogP contribution in [0.3, 0.4) is 0 Å². The van der Waals surface area contributed by atoms with Crippen molar-refractivity contribution in [2.75, 3.05) is 4.90 Å². The number of hydrogen-bond donors (Lipinski definition) is 1. The number of benzene rings is 1. The first-order valence-electron chi connectivity index (χ1n) is 6.87. The van der Waals surface area contributed by atoms with Gasteiger partial charge in [-0.3, -0.25) is 9.88 Å². The van der Waals surface area contributed by atoms with E-state index < -0.39 is 5.97 Å². The van der Waals surface area contributed by atoms with Crippen molar-refractivity contribution in [3.8, 4) is 0 Å². The molecule has 0 radical (unpaired) electrons. The maximum absolute atomic E-state index is 10.9. The summed E-state index contributed by atoms with van der Waals surface area (Å²) in [6, 6.07) is 8.39. The lowest BCUT2D eigenvalue weighted by atomic mass is 10.1.